The Morgan fingerprint density at radius 1 is 1.36 bits per heavy atom. The molecule has 0 aromatic heterocycles. The quantitative estimate of drug-likeness (QED) is 0.718. The smallest absolute Gasteiger partial charge is 0.178 e. The van der Waals surface area contributed by atoms with Gasteiger partial charge in [-0.15, -0.1) is 0 Å². The van der Waals surface area contributed by atoms with Gasteiger partial charge in [0.2, 0.25) is 0 Å². The van der Waals surface area contributed by atoms with E-state index in [2.05, 4.69) is 0 Å². The van der Waals surface area contributed by atoms with Crippen molar-refractivity contribution in [1.82, 2.24) is 0 Å². The van der Waals surface area contributed by atoms with Gasteiger partial charge >= 0.3 is 0 Å². The number of sulfone groups is 1. The molecule has 0 fully saturated rings. The lowest BCUT2D eigenvalue weighted by molar-refractivity contribution is 0.596. The first kappa shape index (κ1) is 11.0. The zero-order chi connectivity index (χ0) is 10.8. The molecule has 0 aliphatic carbocycles. The lowest BCUT2D eigenvalue weighted by Crippen LogP contribution is -2.10. The van der Waals surface area contributed by atoms with Crippen LogP contribution in [0.25, 0.3) is 0 Å². The molecule has 0 amide bonds. The van der Waals surface area contributed by atoms with E-state index in [1.165, 1.54) is 6.07 Å². The van der Waals surface area contributed by atoms with E-state index in [4.69, 9.17) is 11.5 Å². The fraction of sp³-hybridized carbons (Fsp3) is 0.333. The van der Waals surface area contributed by atoms with E-state index in [9.17, 15) is 8.42 Å². The molecule has 5 heteroatoms. The van der Waals surface area contributed by atoms with Crippen molar-refractivity contribution in [1.29, 1.82) is 0 Å². The maximum atomic E-state index is 11.6. The fourth-order valence-corrected chi connectivity index (χ4v) is 2.35. The van der Waals surface area contributed by atoms with E-state index in [0.717, 1.165) is 0 Å². The van der Waals surface area contributed by atoms with Crippen molar-refractivity contribution in [2.75, 3.05) is 11.5 Å². The largest absolute Gasteiger partial charge is 0.399 e. The SMILES string of the molecule is CCS(=O)(=O)c1ccc(N)cc1CN. The predicted molar refractivity (Wildman–Crippen MR) is 56.5 cm³/mol. The van der Waals surface area contributed by atoms with E-state index in [-0.39, 0.29) is 17.2 Å². The van der Waals surface area contributed by atoms with E-state index in [0.29, 0.717) is 11.3 Å². The van der Waals surface area contributed by atoms with E-state index in [1.807, 2.05) is 0 Å². The van der Waals surface area contributed by atoms with Crippen molar-refractivity contribution >= 4 is 15.5 Å². The molecule has 0 aliphatic heterocycles. The summed E-state index contributed by atoms with van der Waals surface area (Å²) in [7, 11) is -3.19. The Morgan fingerprint density at radius 2 is 2.00 bits per heavy atom. The zero-order valence-corrected chi connectivity index (χ0v) is 8.84. The monoisotopic (exact) mass is 214 g/mol. The molecule has 0 radical (unpaired) electrons. The second-order valence-electron chi connectivity index (χ2n) is 2.97. The van der Waals surface area contributed by atoms with Gasteiger partial charge < -0.3 is 11.5 Å². The predicted octanol–water partition coefficient (Wildman–Crippen LogP) is 0.521. The molecule has 0 atom stereocenters. The number of nitrogens with two attached hydrogens (primary N) is 2. The molecule has 0 saturated heterocycles. The van der Waals surface area contributed by atoms with Gasteiger partial charge in [-0.1, -0.05) is 6.92 Å². The summed E-state index contributed by atoms with van der Waals surface area (Å²) in [6, 6.07) is 4.68. The van der Waals surface area contributed by atoms with Crippen molar-refractivity contribution < 1.29 is 8.42 Å². The molecule has 1 rings (SSSR count). The normalized spacial score (nSPS) is 11.6. The third-order valence-electron chi connectivity index (χ3n) is 2.02. The second-order valence-corrected chi connectivity index (χ2v) is 5.22. The first-order valence-corrected chi connectivity index (χ1v) is 5.97. The lowest BCUT2D eigenvalue weighted by atomic mass is 10.2. The van der Waals surface area contributed by atoms with Crippen LogP contribution in [-0.4, -0.2) is 14.2 Å². The molecule has 14 heavy (non-hydrogen) atoms. The minimum absolute atomic E-state index is 0.0733. The van der Waals surface area contributed by atoms with Gasteiger partial charge in [-0.25, -0.2) is 8.42 Å². The van der Waals surface area contributed by atoms with Gasteiger partial charge in [-0.2, -0.15) is 0 Å². The average Bonchev–Trinajstić information content (AvgIpc) is 2.17. The van der Waals surface area contributed by atoms with Gasteiger partial charge in [0.05, 0.1) is 10.6 Å². The average molecular weight is 214 g/mol. The lowest BCUT2D eigenvalue weighted by Gasteiger charge is -2.07. The van der Waals surface area contributed by atoms with Crippen LogP contribution in [0.5, 0.6) is 0 Å². The summed E-state index contributed by atoms with van der Waals surface area (Å²) in [6.45, 7) is 1.78. The standard InChI is InChI=1S/C9H14N2O2S/c1-2-14(12,13)9-4-3-8(11)5-7(9)6-10/h3-5H,2,6,10-11H2,1H3. The molecular formula is C9H14N2O2S. The number of nitrogen functional groups attached to an aromatic ring is 1. The van der Waals surface area contributed by atoms with E-state index in [1.54, 1.807) is 19.1 Å². The van der Waals surface area contributed by atoms with Crippen molar-refractivity contribution in [3.05, 3.63) is 23.8 Å². The Morgan fingerprint density at radius 3 is 2.50 bits per heavy atom. The highest BCUT2D eigenvalue weighted by molar-refractivity contribution is 7.91. The number of rotatable bonds is 3. The van der Waals surface area contributed by atoms with Crippen LogP contribution in [0.4, 0.5) is 5.69 Å². The maximum absolute atomic E-state index is 11.6. The first-order chi connectivity index (χ1) is 6.51. The molecule has 0 bridgehead atoms. The maximum Gasteiger partial charge on any atom is 0.178 e. The summed E-state index contributed by atoms with van der Waals surface area (Å²) in [5, 5.41) is 0. The van der Waals surface area contributed by atoms with Gasteiger partial charge in [0.15, 0.2) is 9.84 Å². The van der Waals surface area contributed by atoms with E-state index < -0.39 is 9.84 Å². The Bertz CT molecular complexity index is 426. The number of hydrogen-bond donors (Lipinski definition) is 2. The van der Waals surface area contributed by atoms with Gasteiger partial charge in [-0.3, -0.25) is 0 Å². The highest BCUT2D eigenvalue weighted by Gasteiger charge is 2.15. The summed E-state index contributed by atoms with van der Waals surface area (Å²) in [5.74, 6) is 0.0733. The topological polar surface area (TPSA) is 86.2 Å². The Hall–Kier alpha value is -1.07. The molecule has 4 N–H and O–H groups in total. The van der Waals surface area contributed by atoms with Gasteiger partial charge in [0, 0.05) is 12.2 Å². The van der Waals surface area contributed by atoms with Gasteiger partial charge in [-0.05, 0) is 23.8 Å². The summed E-state index contributed by atoms with van der Waals surface area (Å²) in [4.78, 5) is 0.289. The Kier molecular flexibility index (Phi) is 3.13. The molecule has 0 unspecified atom stereocenters. The molecular weight excluding hydrogens is 200 g/mol. The molecule has 0 spiro atoms. The van der Waals surface area contributed by atoms with Crippen LogP contribution in [0.1, 0.15) is 12.5 Å². The molecule has 4 nitrogen and oxygen atoms in total. The summed E-state index contributed by atoms with van der Waals surface area (Å²) >= 11 is 0. The van der Waals surface area contributed by atoms with Crippen molar-refractivity contribution in [3.63, 3.8) is 0 Å². The van der Waals surface area contributed by atoms with Gasteiger partial charge in [0.25, 0.3) is 0 Å². The molecule has 0 aliphatic rings. The number of benzene rings is 1. The minimum Gasteiger partial charge on any atom is -0.399 e. The minimum atomic E-state index is -3.19. The highest BCUT2D eigenvalue weighted by atomic mass is 32.2. The van der Waals surface area contributed by atoms with Crippen LogP contribution in [0.3, 0.4) is 0 Å². The number of anilines is 1. The van der Waals surface area contributed by atoms with Crippen molar-refractivity contribution in [2.45, 2.75) is 18.4 Å². The Balaban J connectivity index is 3.35. The molecule has 1 aromatic carbocycles. The van der Waals surface area contributed by atoms with Crippen LogP contribution in [0.15, 0.2) is 23.1 Å². The third kappa shape index (κ3) is 2.05. The zero-order valence-electron chi connectivity index (χ0n) is 8.03. The highest BCUT2D eigenvalue weighted by Crippen LogP contribution is 2.19. The van der Waals surface area contributed by atoms with Crippen LogP contribution in [-0.2, 0) is 16.4 Å². The van der Waals surface area contributed by atoms with Crippen LogP contribution in [0.2, 0.25) is 0 Å². The molecule has 1 aromatic rings. The van der Waals surface area contributed by atoms with Crippen LogP contribution < -0.4 is 11.5 Å². The Labute approximate surface area is 83.8 Å². The van der Waals surface area contributed by atoms with Crippen LogP contribution in [0, 0.1) is 0 Å². The first-order valence-electron chi connectivity index (χ1n) is 4.32. The molecule has 0 saturated carbocycles. The molecule has 78 valence electrons. The summed E-state index contributed by atoms with van der Waals surface area (Å²) in [6.07, 6.45) is 0. The van der Waals surface area contributed by atoms with Crippen LogP contribution >= 0.6 is 0 Å². The van der Waals surface area contributed by atoms with Gasteiger partial charge in [0.1, 0.15) is 0 Å². The summed E-state index contributed by atoms with van der Waals surface area (Å²) < 4.78 is 23.2. The molecule has 0 heterocycles. The third-order valence-corrected chi connectivity index (χ3v) is 3.85. The van der Waals surface area contributed by atoms with Crippen molar-refractivity contribution in [2.24, 2.45) is 5.73 Å². The number of hydrogen-bond acceptors (Lipinski definition) is 4. The summed E-state index contributed by atoms with van der Waals surface area (Å²) in [5.41, 5.74) is 12.1. The fourth-order valence-electron chi connectivity index (χ4n) is 1.22. The van der Waals surface area contributed by atoms with E-state index >= 15 is 0 Å². The second kappa shape index (κ2) is 3.98. The van der Waals surface area contributed by atoms with Crippen molar-refractivity contribution in [3.8, 4) is 0 Å².